The Morgan fingerprint density at radius 1 is 1.24 bits per heavy atom. The molecule has 2 rings (SSSR count). The predicted molar refractivity (Wildman–Crippen MR) is 66.7 cm³/mol. The van der Waals surface area contributed by atoms with Crippen LogP contribution in [0.1, 0.15) is 32.1 Å². The average Bonchev–Trinajstić information content (AvgIpc) is 2.85. The van der Waals surface area contributed by atoms with E-state index in [0.717, 1.165) is 6.54 Å². The summed E-state index contributed by atoms with van der Waals surface area (Å²) in [4.78, 5) is 12.0. The van der Waals surface area contributed by atoms with Gasteiger partial charge in [0.2, 0.25) is 5.91 Å². The number of hydrogen-bond donors (Lipinski definition) is 2. The largest absolute Gasteiger partial charge is 0.379 e. The van der Waals surface area contributed by atoms with Crippen molar-refractivity contribution < 1.29 is 9.53 Å². The van der Waals surface area contributed by atoms with Crippen molar-refractivity contribution in [3.8, 4) is 0 Å². The zero-order chi connectivity index (χ0) is 12.1. The topological polar surface area (TPSA) is 50.4 Å². The molecular weight excluding hydrogens is 216 g/mol. The van der Waals surface area contributed by atoms with Gasteiger partial charge in [0.1, 0.15) is 0 Å². The monoisotopic (exact) mass is 240 g/mol. The number of likely N-dealkylation sites (N-methyl/N-ethyl adjacent to an activating group) is 1. The minimum Gasteiger partial charge on any atom is -0.379 e. The molecule has 0 bridgehead atoms. The normalized spacial score (nSPS) is 30.4. The molecule has 1 saturated heterocycles. The zero-order valence-corrected chi connectivity index (χ0v) is 10.7. The van der Waals surface area contributed by atoms with Gasteiger partial charge in [-0.05, 0) is 25.8 Å². The van der Waals surface area contributed by atoms with Crippen LogP contribution in [0.5, 0.6) is 0 Å². The molecule has 2 unspecified atom stereocenters. The van der Waals surface area contributed by atoms with E-state index in [0.29, 0.717) is 19.1 Å². The molecule has 2 aliphatic rings. The molecule has 0 aromatic rings. The molecule has 17 heavy (non-hydrogen) atoms. The van der Waals surface area contributed by atoms with Crippen LogP contribution in [0.3, 0.4) is 0 Å². The fraction of sp³-hybridized carbons (Fsp3) is 0.923. The van der Waals surface area contributed by atoms with Crippen molar-refractivity contribution in [2.75, 3.05) is 26.8 Å². The molecule has 0 radical (unpaired) electrons. The minimum absolute atomic E-state index is 0.0106. The van der Waals surface area contributed by atoms with Crippen LogP contribution in [0.2, 0.25) is 0 Å². The van der Waals surface area contributed by atoms with Gasteiger partial charge in [0.15, 0.2) is 0 Å². The Hall–Kier alpha value is -0.610. The second-order valence-corrected chi connectivity index (χ2v) is 5.29. The lowest BCUT2D eigenvalue weighted by atomic mass is 9.89. The maximum absolute atomic E-state index is 12.0. The van der Waals surface area contributed by atoms with Crippen LogP contribution in [-0.2, 0) is 9.53 Å². The molecule has 98 valence electrons. The summed E-state index contributed by atoms with van der Waals surface area (Å²) in [6.07, 6.45) is 6.56. The molecule has 1 heterocycles. The lowest BCUT2D eigenvalue weighted by Crippen LogP contribution is -2.43. The Labute approximate surface area is 103 Å². The molecule has 1 aliphatic heterocycles. The highest BCUT2D eigenvalue weighted by Crippen LogP contribution is 2.23. The van der Waals surface area contributed by atoms with E-state index in [9.17, 15) is 4.79 Å². The third kappa shape index (κ3) is 3.42. The summed E-state index contributed by atoms with van der Waals surface area (Å²) in [7, 11) is 1.89. The van der Waals surface area contributed by atoms with Gasteiger partial charge >= 0.3 is 0 Å². The second kappa shape index (κ2) is 6.36. The Morgan fingerprint density at radius 3 is 2.71 bits per heavy atom. The number of hydrogen-bond acceptors (Lipinski definition) is 3. The van der Waals surface area contributed by atoms with E-state index in [2.05, 4.69) is 10.6 Å². The fourth-order valence-corrected chi connectivity index (χ4v) is 2.86. The van der Waals surface area contributed by atoms with Crippen LogP contribution >= 0.6 is 0 Å². The number of carbonyl (C=O) groups excluding carboxylic acids is 1. The Kier molecular flexibility index (Phi) is 4.80. The summed E-state index contributed by atoms with van der Waals surface area (Å²) in [6, 6.07) is 0.182. The van der Waals surface area contributed by atoms with Gasteiger partial charge in [-0.2, -0.15) is 0 Å². The molecule has 0 aromatic carbocycles. The van der Waals surface area contributed by atoms with E-state index < -0.39 is 0 Å². The van der Waals surface area contributed by atoms with Crippen molar-refractivity contribution >= 4 is 5.91 Å². The van der Waals surface area contributed by atoms with Gasteiger partial charge in [0, 0.05) is 12.6 Å². The van der Waals surface area contributed by atoms with Gasteiger partial charge < -0.3 is 15.4 Å². The van der Waals surface area contributed by atoms with E-state index in [1.54, 1.807) is 0 Å². The van der Waals surface area contributed by atoms with Gasteiger partial charge in [0.05, 0.1) is 19.1 Å². The first-order valence-electron chi connectivity index (χ1n) is 6.84. The Morgan fingerprint density at radius 2 is 2.00 bits per heavy atom. The SMILES string of the molecule is CNC1COCC1C(=O)NCC1CCCCC1. The maximum Gasteiger partial charge on any atom is 0.227 e. The quantitative estimate of drug-likeness (QED) is 0.768. The molecule has 2 fully saturated rings. The highest BCUT2D eigenvalue weighted by atomic mass is 16.5. The molecule has 0 aromatic heterocycles. The van der Waals surface area contributed by atoms with E-state index in [1.807, 2.05) is 7.05 Å². The summed E-state index contributed by atoms with van der Waals surface area (Å²) in [6.45, 7) is 2.06. The Bertz CT molecular complexity index is 252. The van der Waals surface area contributed by atoms with Crippen molar-refractivity contribution in [3.63, 3.8) is 0 Å². The predicted octanol–water partition coefficient (Wildman–Crippen LogP) is 0.917. The average molecular weight is 240 g/mol. The Balaban J connectivity index is 1.72. The molecule has 2 atom stereocenters. The minimum atomic E-state index is -0.0106. The number of carbonyl (C=O) groups is 1. The van der Waals surface area contributed by atoms with E-state index >= 15 is 0 Å². The van der Waals surface area contributed by atoms with Crippen molar-refractivity contribution in [2.24, 2.45) is 11.8 Å². The van der Waals surface area contributed by atoms with E-state index in [1.165, 1.54) is 32.1 Å². The zero-order valence-electron chi connectivity index (χ0n) is 10.7. The van der Waals surface area contributed by atoms with Crippen molar-refractivity contribution in [3.05, 3.63) is 0 Å². The summed E-state index contributed by atoms with van der Waals surface area (Å²) in [5, 5.41) is 6.25. The number of amides is 1. The molecule has 1 aliphatic carbocycles. The molecule has 1 saturated carbocycles. The van der Waals surface area contributed by atoms with E-state index in [4.69, 9.17) is 4.74 Å². The summed E-state index contributed by atoms with van der Waals surface area (Å²) in [5.74, 6) is 0.846. The van der Waals surface area contributed by atoms with Crippen LogP contribution in [-0.4, -0.2) is 38.8 Å². The highest BCUT2D eigenvalue weighted by Gasteiger charge is 2.33. The van der Waals surface area contributed by atoms with Gasteiger partial charge in [0.25, 0.3) is 0 Å². The first-order valence-corrected chi connectivity index (χ1v) is 6.84. The highest BCUT2D eigenvalue weighted by molar-refractivity contribution is 5.79. The standard InChI is InChI=1S/C13H24N2O2/c1-14-12-9-17-8-11(12)13(16)15-7-10-5-3-2-4-6-10/h10-12,14H,2-9H2,1H3,(H,15,16). The summed E-state index contributed by atoms with van der Waals surface area (Å²) >= 11 is 0. The van der Waals surface area contributed by atoms with Crippen molar-refractivity contribution in [2.45, 2.75) is 38.1 Å². The van der Waals surface area contributed by atoms with Crippen LogP contribution in [0.25, 0.3) is 0 Å². The lowest BCUT2D eigenvalue weighted by Gasteiger charge is -2.23. The molecule has 0 spiro atoms. The van der Waals surface area contributed by atoms with Crippen molar-refractivity contribution in [1.82, 2.24) is 10.6 Å². The van der Waals surface area contributed by atoms with Gasteiger partial charge in [-0.25, -0.2) is 0 Å². The molecule has 4 nitrogen and oxygen atoms in total. The van der Waals surface area contributed by atoms with Crippen LogP contribution in [0.4, 0.5) is 0 Å². The lowest BCUT2D eigenvalue weighted by molar-refractivity contribution is -0.125. The molecule has 1 amide bonds. The molecule has 2 N–H and O–H groups in total. The van der Waals surface area contributed by atoms with Crippen LogP contribution < -0.4 is 10.6 Å². The third-order valence-corrected chi connectivity index (χ3v) is 4.08. The first kappa shape index (κ1) is 12.8. The third-order valence-electron chi connectivity index (χ3n) is 4.08. The number of nitrogens with one attached hydrogen (secondary N) is 2. The van der Waals surface area contributed by atoms with Crippen LogP contribution in [0.15, 0.2) is 0 Å². The molecular formula is C13H24N2O2. The summed E-state index contributed by atoms with van der Waals surface area (Å²) in [5.41, 5.74) is 0. The van der Waals surface area contributed by atoms with Crippen molar-refractivity contribution in [1.29, 1.82) is 0 Å². The first-order chi connectivity index (χ1) is 8.31. The molecule has 4 heteroatoms. The maximum atomic E-state index is 12.0. The smallest absolute Gasteiger partial charge is 0.227 e. The second-order valence-electron chi connectivity index (χ2n) is 5.29. The van der Waals surface area contributed by atoms with E-state index in [-0.39, 0.29) is 17.9 Å². The fourth-order valence-electron chi connectivity index (χ4n) is 2.86. The number of rotatable bonds is 4. The summed E-state index contributed by atoms with van der Waals surface area (Å²) < 4.78 is 5.35. The van der Waals surface area contributed by atoms with Gasteiger partial charge in [-0.3, -0.25) is 4.79 Å². The van der Waals surface area contributed by atoms with Crippen LogP contribution in [0, 0.1) is 11.8 Å². The van der Waals surface area contributed by atoms with Gasteiger partial charge in [-0.15, -0.1) is 0 Å². The number of ether oxygens (including phenoxy) is 1. The van der Waals surface area contributed by atoms with Gasteiger partial charge in [-0.1, -0.05) is 19.3 Å².